The Kier molecular flexibility index (Phi) is 6.33. The van der Waals surface area contributed by atoms with Crippen molar-refractivity contribution in [1.29, 1.82) is 0 Å². The van der Waals surface area contributed by atoms with Crippen LogP contribution in [0.4, 0.5) is 0 Å². The minimum atomic E-state index is -0.874. The Labute approximate surface area is 170 Å². The molecule has 6 N–H and O–H groups in total. The van der Waals surface area contributed by atoms with Gasteiger partial charge in [0.1, 0.15) is 39.3 Å². The second-order valence-electron chi connectivity index (χ2n) is 6.17. The SMILES string of the molecule is CCCC(=O)c1c(O)c(-c2c(O)c(Cl)c(O)c(C=NO)c2O)c(O)c(C)c1OC. The number of phenols is 5. The number of Topliss-reactive ketones (excluding diaryl/α,β-unsaturated/α-hetero) is 1. The monoisotopic (exact) mass is 425 g/mol. The zero-order valence-electron chi connectivity index (χ0n) is 15.8. The third kappa shape index (κ3) is 3.44. The Bertz CT molecular complexity index is 1020. The summed E-state index contributed by atoms with van der Waals surface area (Å²) in [6.07, 6.45) is 1.17. The molecular formula is C19H20ClNO8. The maximum Gasteiger partial charge on any atom is 0.170 e. The van der Waals surface area contributed by atoms with Crippen LogP contribution in [0.5, 0.6) is 34.5 Å². The third-order valence-corrected chi connectivity index (χ3v) is 4.79. The van der Waals surface area contributed by atoms with Gasteiger partial charge in [0.15, 0.2) is 11.5 Å². The summed E-state index contributed by atoms with van der Waals surface area (Å²) < 4.78 is 5.18. The number of halogens is 1. The number of ether oxygens (including phenoxy) is 1. The first-order valence-electron chi connectivity index (χ1n) is 8.43. The van der Waals surface area contributed by atoms with E-state index in [-0.39, 0.29) is 23.3 Å². The molecule has 0 unspecified atom stereocenters. The number of hydrogen-bond donors (Lipinski definition) is 6. The Morgan fingerprint density at radius 1 is 1.03 bits per heavy atom. The van der Waals surface area contributed by atoms with Gasteiger partial charge in [-0.15, -0.1) is 0 Å². The molecule has 9 nitrogen and oxygen atoms in total. The van der Waals surface area contributed by atoms with Crippen LogP contribution in [0, 0.1) is 6.92 Å². The van der Waals surface area contributed by atoms with E-state index < -0.39 is 56.2 Å². The molecule has 0 heterocycles. The highest BCUT2D eigenvalue weighted by atomic mass is 35.5. The molecule has 29 heavy (non-hydrogen) atoms. The number of nitrogens with zero attached hydrogens (tertiary/aromatic N) is 1. The Balaban J connectivity index is 3.06. The first kappa shape index (κ1) is 22.0. The van der Waals surface area contributed by atoms with Crippen molar-refractivity contribution >= 4 is 23.6 Å². The van der Waals surface area contributed by atoms with Gasteiger partial charge >= 0.3 is 0 Å². The van der Waals surface area contributed by atoms with E-state index in [4.69, 9.17) is 21.5 Å². The summed E-state index contributed by atoms with van der Waals surface area (Å²) in [6.45, 7) is 3.17. The second kappa shape index (κ2) is 8.36. The van der Waals surface area contributed by atoms with Gasteiger partial charge in [-0.05, 0) is 13.3 Å². The number of ketones is 1. The largest absolute Gasteiger partial charge is 0.507 e. The second-order valence-corrected chi connectivity index (χ2v) is 6.55. The number of carbonyl (C=O) groups is 1. The first-order valence-corrected chi connectivity index (χ1v) is 8.81. The summed E-state index contributed by atoms with van der Waals surface area (Å²) >= 11 is 5.89. The average Bonchev–Trinajstić information content (AvgIpc) is 2.68. The van der Waals surface area contributed by atoms with Crippen molar-refractivity contribution in [3.8, 4) is 45.6 Å². The topological polar surface area (TPSA) is 160 Å². The molecule has 2 rings (SSSR count). The van der Waals surface area contributed by atoms with Gasteiger partial charge in [-0.2, -0.15) is 0 Å². The van der Waals surface area contributed by atoms with Crippen LogP contribution in [0.15, 0.2) is 5.16 Å². The molecule has 0 atom stereocenters. The van der Waals surface area contributed by atoms with Crippen LogP contribution >= 0.6 is 11.6 Å². The summed E-state index contributed by atoms with van der Waals surface area (Å²) in [5.41, 5.74) is -1.76. The smallest absolute Gasteiger partial charge is 0.170 e. The van der Waals surface area contributed by atoms with E-state index in [0.29, 0.717) is 12.6 Å². The summed E-state index contributed by atoms with van der Waals surface area (Å²) in [5.74, 6) is -4.45. The summed E-state index contributed by atoms with van der Waals surface area (Å²) in [5, 5.41) is 63.2. The van der Waals surface area contributed by atoms with Gasteiger partial charge in [-0.3, -0.25) is 4.79 Å². The highest BCUT2D eigenvalue weighted by Crippen LogP contribution is 2.56. The molecule has 0 radical (unpaired) electrons. The summed E-state index contributed by atoms with van der Waals surface area (Å²) in [7, 11) is 1.26. The molecule has 0 saturated heterocycles. The van der Waals surface area contributed by atoms with E-state index in [9.17, 15) is 30.3 Å². The zero-order valence-corrected chi connectivity index (χ0v) is 16.6. The number of rotatable bonds is 6. The van der Waals surface area contributed by atoms with Gasteiger partial charge in [-0.1, -0.05) is 23.7 Å². The van der Waals surface area contributed by atoms with Crippen LogP contribution in [0.1, 0.15) is 41.3 Å². The van der Waals surface area contributed by atoms with E-state index in [1.165, 1.54) is 14.0 Å². The number of oxime groups is 1. The number of benzene rings is 2. The molecule has 0 aliphatic heterocycles. The standard InChI is InChI=1S/C19H20ClNO8/c1-4-5-9(22)10-17(26)11(14(23)7(2)19(10)29-3)12-15(24)8(6-21-28)16(25)13(20)18(12)27/h6,23-28H,4-5H2,1-3H3. The molecule has 0 amide bonds. The van der Waals surface area contributed by atoms with Crippen LogP contribution in [0.2, 0.25) is 5.02 Å². The Morgan fingerprint density at radius 3 is 2.14 bits per heavy atom. The molecule has 0 fully saturated rings. The molecule has 0 aliphatic rings. The maximum absolute atomic E-state index is 12.6. The lowest BCUT2D eigenvalue weighted by Gasteiger charge is -2.20. The Hall–Kier alpha value is -3.33. The normalized spacial score (nSPS) is 11.2. The van der Waals surface area contributed by atoms with Gasteiger partial charge in [0.2, 0.25) is 0 Å². The van der Waals surface area contributed by atoms with E-state index in [1.807, 2.05) is 0 Å². The lowest BCUT2D eigenvalue weighted by Crippen LogP contribution is -2.06. The highest BCUT2D eigenvalue weighted by molar-refractivity contribution is 6.35. The maximum atomic E-state index is 12.6. The van der Waals surface area contributed by atoms with Crippen molar-refractivity contribution in [2.24, 2.45) is 5.16 Å². The first-order chi connectivity index (χ1) is 13.6. The number of phenolic OH excluding ortho intramolecular Hbond substituents is 5. The van der Waals surface area contributed by atoms with Gasteiger partial charge in [0.05, 0.1) is 30.0 Å². The summed E-state index contributed by atoms with van der Waals surface area (Å²) in [4.78, 5) is 12.6. The molecule has 2 aromatic rings. The molecule has 0 spiro atoms. The van der Waals surface area contributed by atoms with Crippen molar-refractivity contribution in [3.05, 3.63) is 21.7 Å². The van der Waals surface area contributed by atoms with Crippen LogP contribution in [0.25, 0.3) is 11.1 Å². The Morgan fingerprint density at radius 2 is 1.62 bits per heavy atom. The fourth-order valence-corrected chi connectivity index (χ4v) is 3.24. The fourth-order valence-electron chi connectivity index (χ4n) is 3.05. The number of hydrogen-bond acceptors (Lipinski definition) is 9. The third-order valence-electron chi connectivity index (χ3n) is 4.43. The van der Waals surface area contributed by atoms with Gasteiger partial charge < -0.3 is 35.5 Å². The average molecular weight is 426 g/mol. The lowest BCUT2D eigenvalue weighted by atomic mass is 9.91. The molecule has 10 heteroatoms. The molecule has 0 aromatic heterocycles. The van der Waals surface area contributed by atoms with E-state index in [2.05, 4.69) is 5.16 Å². The number of methoxy groups -OCH3 is 1. The van der Waals surface area contributed by atoms with E-state index in [1.54, 1.807) is 6.92 Å². The zero-order chi connectivity index (χ0) is 22.0. The molecule has 0 aliphatic carbocycles. The van der Waals surface area contributed by atoms with Crippen molar-refractivity contribution in [1.82, 2.24) is 0 Å². The molecule has 2 aromatic carbocycles. The van der Waals surface area contributed by atoms with Crippen molar-refractivity contribution in [2.75, 3.05) is 7.11 Å². The predicted molar refractivity (Wildman–Crippen MR) is 105 cm³/mol. The van der Waals surface area contributed by atoms with Gasteiger partial charge in [0, 0.05) is 12.0 Å². The predicted octanol–water partition coefficient (Wildman–Crippen LogP) is 3.64. The quantitative estimate of drug-likeness (QED) is 0.177. The summed E-state index contributed by atoms with van der Waals surface area (Å²) in [6, 6.07) is 0. The van der Waals surface area contributed by atoms with Crippen LogP contribution in [-0.4, -0.2) is 49.8 Å². The lowest BCUT2D eigenvalue weighted by molar-refractivity contribution is 0.0976. The highest BCUT2D eigenvalue weighted by Gasteiger charge is 2.32. The van der Waals surface area contributed by atoms with Crippen molar-refractivity contribution in [2.45, 2.75) is 26.7 Å². The van der Waals surface area contributed by atoms with Crippen LogP contribution in [-0.2, 0) is 0 Å². The number of aromatic hydroxyl groups is 5. The van der Waals surface area contributed by atoms with Crippen LogP contribution < -0.4 is 4.74 Å². The minimum Gasteiger partial charge on any atom is -0.507 e. The fraction of sp³-hybridized carbons (Fsp3) is 0.263. The van der Waals surface area contributed by atoms with Gasteiger partial charge in [0.25, 0.3) is 0 Å². The van der Waals surface area contributed by atoms with Crippen molar-refractivity contribution in [3.63, 3.8) is 0 Å². The molecule has 0 bridgehead atoms. The molecule has 156 valence electrons. The number of carbonyl (C=O) groups excluding carboxylic acids is 1. The van der Waals surface area contributed by atoms with Crippen molar-refractivity contribution < 1.29 is 40.3 Å². The van der Waals surface area contributed by atoms with E-state index >= 15 is 0 Å². The molecular weight excluding hydrogens is 406 g/mol. The van der Waals surface area contributed by atoms with Crippen LogP contribution in [0.3, 0.4) is 0 Å². The minimum absolute atomic E-state index is 0.0557. The van der Waals surface area contributed by atoms with Gasteiger partial charge in [-0.25, -0.2) is 0 Å². The molecule has 0 saturated carbocycles. The van der Waals surface area contributed by atoms with E-state index in [0.717, 1.165) is 0 Å².